The van der Waals surface area contributed by atoms with E-state index in [0.29, 0.717) is 0 Å². The molecular weight excluding hydrogens is 1010 g/mol. The molecule has 0 radical (unpaired) electrons. The summed E-state index contributed by atoms with van der Waals surface area (Å²) in [5.41, 5.74) is 13.4. The maximum absolute atomic E-state index is 8.23. The zero-order chi connectivity index (χ0) is 58.9. The molecule has 1 spiro atoms. The van der Waals surface area contributed by atoms with Gasteiger partial charge in [-0.3, -0.25) is 0 Å². The van der Waals surface area contributed by atoms with Gasteiger partial charge in [-0.25, -0.2) is 0 Å². The molecule has 2 aliphatic heterocycles. The van der Waals surface area contributed by atoms with Gasteiger partial charge in [0.15, 0.2) is 0 Å². The van der Waals surface area contributed by atoms with Crippen molar-refractivity contribution in [3.8, 4) is 11.5 Å². The minimum atomic E-state index is -1.13. The van der Waals surface area contributed by atoms with Gasteiger partial charge in [0.2, 0.25) is 0 Å². The maximum Gasteiger partial charge on any atom is 0.257 e. The second-order valence-electron chi connectivity index (χ2n) is 32.9. The predicted molar refractivity (Wildman–Crippen MR) is 352 cm³/mol. The van der Waals surface area contributed by atoms with Crippen molar-refractivity contribution >= 4 is 47.7 Å². The maximum atomic E-state index is 8.23. The van der Waals surface area contributed by atoms with Gasteiger partial charge >= 0.3 is 0 Å². The van der Waals surface area contributed by atoms with Crippen LogP contribution in [-0.2, 0) is 56.2 Å². The van der Waals surface area contributed by atoms with E-state index in [1.165, 1.54) is 93.9 Å². The molecule has 0 aromatic heterocycles. The van der Waals surface area contributed by atoms with Gasteiger partial charge in [0, 0.05) is 22.4 Å². The van der Waals surface area contributed by atoms with Crippen molar-refractivity contribution in [1.29, 1.82) is 0 Å². The zero-order valence-corrected chi connectivity index (χ0v) is 56.1. The van der Waals surface area contributed by atoms with E-state index in [2.05, 4.69) is 275 Å². The number of fused-ring (bicyclic) bond motifs is 2. The van der Waals surface area contributed by atoms with Crippen LogP contribution in [-0.4, -0.2) is 5.79 Å². The topological polar surface area (TPSA) is 18.5 Å². The highest BCUT2D eigenvalue weighted by atomic mass is 31.1. The normalized spacial score (nSPS) is 19.2. The summed E-state index contributed by atoms with van der Waals surface area (Å²) in [4.78, 5) is 0. The minimum absolute atomic E-state index is 0.0415. The highest BCUT2D eigenvalue weighted by molar-refractivity contribution is 7.80. The van der Waals surface area contributed by atoms with Gasteiger partial charge in [-0.2, -0.15) is 0 Å². The van der Waals surface area contributed by atoms with Gasteiger partial charge in [-0.15, -0.1) is 0 Å². The van der Waals surface area contributed by atoms with Crippen molar-refractivity contribution in [2.45, 2.75) is 247 Å². The zero-order valence-electron chi connectivity index (χ0n) is 54.3. The molecular formula is C76H102O2P2. The fraction of sp³-hybridized carbons (Fsp3) is 0.526. The number of para-hydroxylation sites is 2. The van der Waals surface area contributed by atoms with Crippen LogP contribution in [0.25, 0.3) is 0 Å². The minimum Gasteiger partial charge on any atom is -0.451 e. The summed E-state index contributed by atoms with van der Waals surface area (Å²) in [6, 6.07) is 44.8. The molecule has 0 bridgehead atoms. The number of hydrogen-bond acceptors (Lipinski definition) is 2. The van der Waals surface area contributed by atoms with Crippen molar-refractivity contribution in [1.82, 2.24) is 0 Å². The van der Waals surface area contributed by atoms with Crippen LogP contribution < -0.4 is 41.3 Å². The summed E-state index contributed by atoms with van der Waals surface area (Å²) in [5, 5.41) is 8.17. The van der Waals surface area contributed by atoms with Crippen LogP contribution in [0.4, 0.5) is 0 Å². The molecule has 0 N–H and O–H groups in total. The second-order valence-corrected chi connectivity index (χ2v) is 37.3. The summed E-state index contributed by atoms with van der Waals surface area (Å²) in [5.74, 6) is 1.71. The monoisotopic (exact) mass is 1110 g/mol. The molecule has 4 heteroatoms. The van der Waals surface area contributed by atoms with Crippen molar-refractivity contribution in [2.75, 3.05) is 0 Å². The number of ether oxygens (including phenoxy) is 2. The lowest BCUT2D eigenvalue weighted by molar-refractivity contribution is -0.225. The van der Waals surface area contributed by atoms with Gasteiger partial charge in [0.25, 0.3) is 5.79 Å². The largest absolute Gasteiger partial charge is 0.451 e. The molecule has 1 fully saturated rings. The SMILES string of the molecule is CC(C)(C)c1cc(P(c2cc(C(C)(C)C)cc(C(C)(C)C)c2)c2cccc3c2OC24Oc5c(cccc5P(c5cc(C(C)(C)C)cc(C(C)(C)C)c5)c5cc(C(C)(C)C)cc(C(C)(C)C)c5)C[C@H]2CCC[C@@H]4C3)cc(C(C)(C)C)c1. The van der Waals surface area contributed by atoms with E-state index in [9.17, 15) is 0 Å². The van der Waals surface area contributed by atoms with Gasteiger partial charge in [0.1, 0.15) is 11.5 Å². The standard InChI is InChI=1S/C76H102O2P2/c1-68(2,3)52-36-53(69(4,5)6)41-60(40-52)79(61-42-54(70(7,8)9)37-55(43-61)71(10,11)12)64-32-25-28-48-34-50-30-27-31-51-35-49-29-26-33-65(67(49)78-76(50,51)77-66(48)64)80(62-44-56(72(13,14)15)38-57(45-62)73(16,17)18)63-46-58(74(19,20)21)39-59(47-63)75(22,23)24/h25-26,28-29,32-33,36-47,50-51H,27,30-31,34-35H2,1-24H3/t50-,51-,76?/m1/s1. The first-order valence-electron chi connectivity index (χ1n) is 30.5. The Morgan fingerprint density at radius 1 is 0.325 bits per heavy atom. The number of hydrogen-bond donors (Lipinski definition) is 0. The Hall–Kier alpha value is -4.22. The van der Waals surface area contributed by atoms with E-state index in [-0.39, 0.29) is 55.2 Å². The summed E-state index contributed by atoms with van der Waals surface area (Å²) in [6.45, 7) is 57.1. The third-order valence-corrected chi connectivity index (χ3v) is 22.7. The molecule has 0 unspecified atom stereocenters. The van der Waals surface area contributed by atoms with Crippen molar-refractivity contribution in [3.63, 3.8) is 0 Å². The Kier molecular flexibility index (Phi) is 15.5. The fourth-order valence-electron chi connectivity index (χ4n) is 12.4. The third-order valence-electron chi connectivity index (χ3n) is 18.0. The Morgan fingerprint density at radius 3 is 0.762 bits per heavy atom. The Morgan fingerprint density at radius 2 is 0.550 bits per heavy atom. The molecule has 2 atom stereocenters. The average molecular weight is 1110 g/mol. The first-order valence-corrected chi connectivity index (χ1v) is 33.2. The summed E-state index contributed by atoms with van der Waals surface area (Å²) in [6.07, 6.45) is 5.21. The quantitative estimate of drug-likeness (QED) is 0.155. The highest BCUT2D eigenvalue weighted by Gasteiger charge is 2.58. The summed E-state index contributed by atoms with van der Waals surface area (Å²) < 4.78 is 16.5. The average Bonchev–Trinajstić information content (AvgIpc) is 3.33. The molecule has 1 saturated carbocycles. The second kappa shape index (κ2) is 20.5. The number of benzene rings is 6. The van der Waals surface area contributed by atoms with Crippen molar-refractivity contribution in [2.24, 2.45) is 11.8 Å². The van der Waals surface area contributed by atoms with Crippen LogP contribution in [0.1, 0.15) is 241 Å². The van der Waals surface area contributed by atoms with Gasteiger partial charge in [-0.05, 0) is 162 Å². The van der Waals surface area contributed by atoms with E-state index in [4.69, 9.17) is 9.47 Å². The van der Waals surface area contributed by atoms with Crippen LogP contribution in [0.5, 0.6) is 11.5 Å². The van der Waals surface area contributed by atoms with Gasteiger partial charge in [0.05, 0.1) is 0 Å². The van der Waals surface area contributed by atoms with Crippen LogP contribution in [0.2, 0.25) is 0 Å². The molecule has 1 aliphatic carbocycles. The molecule has 9 rings (SSSR count). The molecule has 3 aliphatic rings. The van der Waals surface area contributed by atoms with E-state index in [1.807, 2.05) is 0 Å². The Balaban J connectivity index is 1.31. The van der Waals surface area contributed by atoms with E-state index in [0.717, 1.165) is 37.2 Å². The van der Waals surface area contributed by atoms with Crippen LogP contribution in [0.3, 0.4) is 0 Å². The molecule has 0 amide bonds. The highest BCUT2D eigenvalue weighted by Crippen LogP contribution is 2.56. The lowest BCUT2D eigenvalue weighted by Crippen LogP contribution is -2.62. The molecule has 6 aromatic carbocycles. The van der Waals surface area contributed by atoms with E-state index < -0.39 is 21.6 Å². The molecule has 428 valence electrons. The fourth-order valence-corrected chi connectivity index (χ4v) is 17.5. The Labute approximate surface area is 490 Å². The van der Waals surface area contributed by atoms with Crippen LogP contribution in [0.15, 0.2) is 109 Å². The van der Waals surface area contributed by atoms with Crippen LogP contribution >= 0.6 is 15.8 Å². The van der Waals surface area contributed by atoms with Crippen molar-refractivity contribution < 1.29 is 9.47 Å². The molecule has 2 heterocycles. The molecule has 0 saturated heterocycles. The first kappa shape index (κ1) is 60.4. The first-order chi connectivity index (χ1) is 36.6. The predicted octanol–water partition coefficient (Wildman–Crippen LogP) is 18.3. The molecule has 6 aromatic rings. The number of rotatable bonds is 6. The lowest BCUT2D eigenvalue weighted by Gasteiger charge is -2.54. The summed E-state index contributed by atoms with van der Waals surface area (Å²) >= 11 is 0. The van der Waals surface area contributed by atoms with Crippen molar-refractivity contribution in [3.05, 3.63) is 165 Å². The van der Waals surface area contributed by atoms with Gasteiger partial charge < -0.3 is 9.47 Å². The van der Waals surface area contributed by atoms with E-state index >= 15 is 0 Å². The Bertz CT molecular complexity index is 2790. The smallest absolute Gasteiger partial charge is 0.257 e. The van der Waals surface area contributed by atoms with Gasteiger partial charge in [-0.1, -0.05) is 282 Å². The van der Waals surface area contributed by atoms with Crippen LogP contribution in [0, 0.1) is 11.8 Å². The molecule has 2 nitrogen and oxygen atoms in total. The third kappa shape index (κ3) is 12.1. The van der Waals surface area contributed by atoms with E-state index in [1.54, 1.807) is 0 Å². The lowest BCUT2D eigenvalue weighted by atomic mass is 9.68. The molecule has 80 heavy (non-hydrogen) atoms. The summed E-state index contributed by atoms with van der Waals surface area (Å²) in [7, 11) is -2.25.